The van der Waals surface area contributed by atoms with Crippen LogP contribution in [0.15, 0.2) is 16.7 Å². The van der Waals surface area contributed by atoms with Gasteiger partial charge in [-0.25, -0.2) is 0 Å². The van der Waals surface area contributed by atoms with Crippen LogP contribution in [-0.2, 0) is 0 Å². The molecule has 1 saturated heterocycles. The predicted octanol–water partition coefficient (Wildman–Crippen LogP) is 1.82. The standard InChI is InChI=1S/C12H18N2O/c1-8-5-7-15-12(8)11-10(13)4-6-14(11)9-2-3-9/h5,7,9-11H,2-4,6,13H2,1H3. The van der Waals surface area contributed by atoms with Crippen molar-refractivity contribution in [2.75, 3.05) is 6.54 Å². The van der Waals surface area contributed by atoms with Gasteiger partial charge >= 0.3 is 0 Å². The first-order valence-corrected chi connectivity index (χ1v) is 5.82. The molecule has 3 heteroatoms. The first-order chi connectivity index (χ1) is 7.27. The van der Waals surface area contributed by atoms with E-state index < -0.39 is 0 Å². The van der Waals surface area contributed by atoms with Crippen LogP contribution < -0.4 is 5.73 Å². The van der Waals surface area contributed by atoms with Gasteiger partial charge < -0.3 is 10.2 Å². The van der Waals surface area contributed by atoms with Crippen LogP contribution >= 0.6 is 0 Å². The number of nitrogens with zero attached hydrogens (tertiary/aromatic N) is 1. The summed E-state index contributed by atoms with van der Waals surface area (Å²) >= 11 is 0. The SMILES string of the molecule is Cc1ccoc1C1C(N)CCN1C1CC1. The van der Waals surface area contributed by atoms with Crippen LogP contribution in [0.25, 0.3) is 0 Å². The zero-order chi connectivity index (χ0) is 10.4. The highest BCUT2D eigenvalue weighted by Gasteiger charge is 2.43. The Hall–Kier alpha value is -0.800. The third-order valence-electron chi connectivity index (χ3n) is 3.67. The molecule has 2 unspecified atom stereocenters. The van der Waals surface area contributed by atoms with Crippen LogP contribution in [0.3, 0.4) is 0 Å². The second-order valence-corrected chi connectivity index (χ2v) is 4.83. The Balaban J connectivity index is 1.91. The van der Waals surface area contributed by atoms with Crippen molar-refractivity contribution in [3.05, 3.63) is 23.7 Å². The van der Waals surface area contributed by atoms with E-state index in [2.05, 4.69) is 11.8 Å². The first kappa shape index (κ1) is 9.43. The van der Waals surface area contributed by atoms with E-state index in [-0.39, 0.29) is 6.04 Å². The molecule has 3 nitrogen and oxygen atoms in total. The Bertz CT molecular complexity index is 356. The van der Waals surface area contributed by atoms with E-state index in [1.165, 1.54) is 18.4 Å². The molecule has 2 N–H and O–H groups in total. The molecule has 0 bridgehead atoms. The maximum absolute atomic E-state index is 6.19. The summed E-state index contributed by atoms with van der Waals surface area (Å²) in [5, 5.41) is 0. The van der Waals surface area contributed by atoms with Crippen LogP contribution in [-0.4, -0.2) is 23.5 Å². The van der Waals surface area contributed by atoms with E-state index in [4.69, 9.17) is 10.2 Å². The van der Waals surface area contributed by atoms with Crippen molar-refractivity contribution in [1.82, 2.24) is 4.90 Å². The van der Waals surface area contributed by atoms with E-state index in [9.17, 15) is 0 Å². The van der Waals surface area contributed by atoms with Crippen LogP contribution in [0.2, 0.25) is 0 Å². The van der Waals surface area contributed by atoms with Crippen molar-refractivity contribution in [1.29, 1.82) is 0 Å². The fraction of sp³-hybridized carbons (Fsp3) is 0.667. The highest BCUT2D eigenvalue weighted by molar-refractivity contribution is 5.22. The Morgan fingerprint density at radius 1 is 1.40 bits per heavy atom. The third kappa shape index (κ3) is 1.50. The molecule has 82 valence electrons. The van der Waals surface area contributed by atoms with E-state index in [0.29, 0.717) is 6.04 Å². The maximum Gasteiger partial charge on any atom is 0.125 e. The summed E-state index contributed by atoms with van der Waals surface area (Å²) in [6.07, 6.45) is 5.55. The Kier molecular flexibility index (Phi) is 2.11. The van der Waals surface area contributed by atoms with E-state index in [1.54, 1.807) is 6.26 Å². The predicted molar refractivity (Wildman–Crippen MR) is 58.5 cm³/mol. The zero-order valence-electron chi connectivity index (χ0n) is 9.15. The zero-order valence-corrected chi connectivity index (χ0v) is 9.15. The van der Waals surface area contributed by atoms with E-state index >= 15 is 0 Å². The van der Waals surface area contributed by atoms with Gasteiger partial charge in [0.25, 0.3) is 0 Å². The van der Waals surface area contributed by atoms with Crippen molar-refractivity contribution in [2.24, 2.45) is 5.73 Å². The highest BCUT2D eigenvalue weighted by atomic mass is 16.3. The van der Waals surface area contributed by atoms with Crippen molar-refractivity contribution in [2.45, 2.75) is 44.3 Å². The third-order valence-corrected chi connectivity index (χ3v) is 3.67. The Labute approximate surface area is 90.2 Å². The van der Waals surface area contributed by atoms with Gasteiger partial charge in [0, 0.05) is 18.6 Å². The van der Waals surface area contributed by atoms with Gasteiger partial charge in [0.15, 0.2) is 0 Å². The van der Waals surface area contributed by atoms with Gasteiger partial charge in [-0.15, -0.1) is 0 Å². The minimum atomic E-state index is 0.246. The lowest BCUT2D eigenvalue weighted by Crippen LogP contribution is -2.33. The van der Waals surface area contributed by atoms with Crippen LogP contribution in [0, 0.1) is 6.92 Å². The molecule has 2 atom stereocenters. The molecule has 1 saturated carbocycles. The molecule has 1 aliphatic carbocycles. The molecular weight excluding hydrogens is 188 g/mol. The van der Waals surface area contributed by atoms with Gasteiger partial charge in [-0.3, -0.25) is 4.90 Å². The fourth-order valence-corrected chi connectivity index (χ4v) is 2.69. The number of furan rings is 1. The van der Waals surface area contributed by atoms with Crippen LogP contribution in [0.4, 0.5) is 0 Å². The minimum absolute atomic E-state index is 0.246. The van der Waals surface area contributed by atoms with Gasteiger partial charge in [0.05, 0.1) is 12.3 Å². The van der Waals surface area contributed by atoms with Gasteiger partial charge in [-0.1, -0.05) is 0 Å². The molecule has 2 fully saturated rings. The topological polar surface area (TPSA) is 42.4 Å². The molecule has 0 radical (unpaired) electrons. The second-order valence-electron chi connectivity index (χ2n) is 4.83. The molecule has 0 spiro atoms. The number of aryl methyl sites for hydroxylation is 1. The summed E-state index contributed by atoms with van der Waals surface area (Å²) < 4.78 is 5.61. The minimum Gasteiger partial charge on any atom is -0.467 e. The van der Waals surface area contributed by atoms with E-state index in [0.717, 1.165) is 24.8 Å². The summed E-state index contributed by atoms with van der Waals surface area (Å²) in [5.41, 5.74) is 7.43. The number of rotatable bonds is 2. The largest absolute Gasteiger partial charge is 0.467 e. The normalized spacial score (nSPS) is 32.4. The average molecular weight is 206 g/mol. The molecule has 1 aliphatic heterocycles. The number of hydrogen-bond donors (Lipinski definition) is 1. The summed E-state index contributed by atoms with van der Waals surface area (Å²) in [6, 6.07) is 3.38. The maximum atomic E-state index is 6.19. The number of nitrogens with two attached hydrogens (primary N) is 1. The average Bonchev–Trinajstić information content (AvgIpc) is 2.88. The molecule has 1 aromatic rings. The van der Waals surface area contributed by atoms with Gasteiger partial charge in [0.1, 0.15) is 5.76 Å². The molecule has 0 aromatic carbocycles. The van der Waals surface area contributed by atoms with Gasteiger partial charge in [0.2, 0.25) is 0 Å². The molecule has 2 heterocycles. The summed E-state index contributed by atoms with van der Waals surface area (Å²) in [4.78, 5) is 2.54. The van der Waals surface area contributed by atoms with Crippen LogP contribution in [0.1, 0.15) is 36.6 Å². The molecule has 0 amide bonds. The van der Waals surface area contributed by atoms with Gasteiger partial charge in [-0.2, -0.15) is 0 Å². The van der Waals surface area contributed by atoms with Crippen molar-refractivity contribution in [3.8, 4) is 0 Å². The monoisotopic (exact) mass is 206 g/mol. The lowest BCUT2D eigenvalue weighted by atomic mass is 10.0. The summed E-state index contributed by atoms with van der Waals surface area (Å²) in [6.45, 7) is 3.24. The number of hydrogen-bond acceptors (Lipinski definition) is 3. The van der Waals surface area contributed by atoms with Crippen molar-refractivity contribution < 1.29 is 4.42 Å². The Morgan fingerprint density at radius 3 is 2.80 bits per heavy atom. The molecule has 15 heavy (non-hydrogen) atoms. The van der Waals surface area contributed by atoms with Crippen molar-refractivity contribution in [3.63, 3.8) is 0 Å². The van der Waals surface area contributed by atoms with Crippen molar-refractivity contribution >= 4 is 0 Å². The molecular formula is C12H18N2O. The van der Waals surface area contributed by atoms with Crippen LogP contribution in [0.5, 0.6) is 0 Å². The Morgan fingerprint density at radius 2 is 2.20 bits per heavy atom. The van der Waals surface area contributed by atoms with Gasteiger partial charge in [-0.05, 0) is 37.8 Å². The second kappa shape index (κ2) is 3.35. The summed E-state index contributed by atoms with van der Waals surface area (Å²) in [7, 11) is 0. The molecule has 2 aliphatic rings. The number of likely N-dealkylation sites (tertiary alicyclic amines) is 1. The summed E-state index contributed by atoms with van der Waals surface area (Å²) in [5.74, 6) is 1.09. The fourth-order valence-electron chi connectivity index (χ4n) is 2.69. The lowest BCUT2D eigenvalue weighted by Gasteiger charge is -2.25. The first-order valence-electron chi connectivity index (χ1n) is 5.82. The lowest BCUT2D eigenvalue weighted by molar-refractivity contribution is 0.209. The quantitative estimate of drug-likeness (QED) is 0.802. The molecule has 3 rings (SSSR count). The highest BCUT2D eigenvalue weighted by Crippen LogP contribution is 2.41. The smallest absolute Gasteiger partial charge is 0.125 e. The van der Waals surface area contributed by atoms with E-state index in [1.807, 2.05) is 6.07 Å². The molecule has 1 aromatic heterocycles.